The van der Waals surface area contributed by atoms with E-state index < -0.39 is 30.1 Å². The molecule has 1 aliphatic heterocycles. The third-order valence-corrected chi connectivity index (χ3v) is 8.07. The van der Waals surface area contributed by atoms with Crippen LogP contribution < -0.4 is 21.7 Å². The molecule has 0 unspecified atom stereocenters. The summed E-state index contributed by atoms with van der Waals surface area (Å²) < 4.78 is 1.73. The second-order valence-corrected chi connectivity index (χ2v) is 10.6. The summed E-state index contributed by atoms with van der Waals surface area (Å²) in [4.78, 5) is 26.1. The number of aromatic nitrogens is 4. The maximum Gasteiger partial charge on any atom is 0.227 e. The topological polar surface area (TPSA) is 163 Å². The van der Waals surface area contributed by atoms with Crippen LogP contribution in [0.5, 0.6) is 0 Å². The molecule has 2 aromatic heterocycles. The number of aliphatic hydroxyl groups is 2. The van der Waals surface area contributed by atoms with Gasteiger partial charge in [-0.2, -0.15) is 9.97 Å². The van der Waals surface area contributed by atoms with Gasteiger partial charge >= 0.3 is 0 Å². The number of nitrogens with one attached hydrogen (secondary N) is 3. The number of anilines is 2. The average Bonchev–Trinajstić information content (AvgIpc) is 3.70. The predicted octanol–water partition coefficient (Wildman–Crippen LogP) is 1.61. The minimum atomic E-state index is -1.25. The van der Waals surface area contributed by atoms with Crippen LogP contribution in [0.3, 0.4) is 0 Å². The molecule has 40 heavy (non-hydrogen) atoms. The number of benzene rings is 2. The maximum atomic E-state index is 11.9. The molecule has 0 bridgehead atoms. The van der Waals surface area contributed by atoms with E-state index in [0.29, 0.717) is 29.5 Å². The molecule has 1 aliphatic carbocycles. The number of carbonyl (C=O) groups is 1. The molecule has 6 rings (SSSR count). The SMILES string of the molecule is NC(=O)[C@H]1C[C@@H](n2cnc3c(NCC(c4ccccc4)c4ccccc4)nc(N[C@H]4CCNC4)nc32)[C@H](O)[C@@H]1O. The standard InChI is InChI=1S/C29H34N8O3/c30-26(40)20-13-22(25(39)24(20)38)37-16-33-23-27(35-29(36-28(23)37)34-19-11-12-31-14-19)32-15-21(17-7-3-1-4-8-17)18-9-5-2-6-10-18/h1-10,16,19-22,24-25,31,38-39H,11-15H2,(H2,30,40)(H2,32,34,35,36)/t19-,20-,22+,24+,25-/m0/s1. The number of hydrogen-bond donors (Lipinski definition) is 6. The van der Waals surface area contributed by atoms with Crippen LogP contribution in [-0.4, -0.2) is 73.5 Å². The summed E-state index contributed by atoms with van der Waals surface area (Å²) in [7, 11) is 0. The van der Waals surface area contributed by atoms with Gasteiger partial charge in [-0.25, -0.2) is 4.98 Å². The van der Waals surface area contributed by atoms with Gasteiger partial charge in [-0.05, 0) is 30.5 Å². The van der Waals surface area contributed by atoms with Crippen molar-refractivity contribution in [1.29, 1.82) is 0 Å². The van der Waals surface area contributed by atoms with Crippen LogP contribution in [-0.2, 0) is 4.79 Å². The molecule has 3 heterocycles. The Labute approximate surface area is 231 Å². The Kier molecular flexibility index (Phi) is 7.33. The highest BCUT2D eigenvalue weighted by molar-refractivity contribution is 5.85. The average molecular weight is 543 g/mol. The summed E-state index contributed by atoms with van der Waals surface area (Å²) in [6.07, 6.45) is 0.286. The van der Waals surface area contributed by atoms with E-state index in [1.165, 1.54) is 11.1 Å². The first-order valence-corrected chi connectivity index (χ1v) is 13.7. The van der Waals surface area contributed by atoms with E-state index in [1.807, 2.05) is 36.4 Å². The van der Waals surface area contributed by atoms with Gasteiger partial charge in [0.1, 0.15) is 6.10 Å². The Hall–Kier alpha value is -4.06. The molecule has 0 radical (unpaired) electrons. The number of fused-ring (bicyclic) bond motifs is 1. The summed E-state index contributed by atoms with van der Waals surface area (Å²) in [5, 5.41) is 31.6. The first-order chi connectivity index (χ1) is 19.5. The summed E-state index contributed by atoms with van der Waals surface area (Å²) in [6, 6.07) is 20.2. The zero-order chi connectivity index (χ0) is 27.6. The molecule has 11 nitrogen and oxygen atoms in total. The van der Waals surface area contributed by atoms with Crippen LogP contribution in [0.15, 0.2) is 67.0 Å². The van der Waals surface area contributed by atoms with Crippen LogP contribution in [0.1, 0.15) is 35.9 Å². The zero-order valence-electron chi connectivity index (χ0n) is 22.0. The van der Waals surface area contributed by atoms with Crippen molar-refractivity contribution < 1.29 is 15.0 Å². The van der Waals surface area contributed by atoms with Crippen molar-refractivity contribution in [3.63, 3.8) is 0 Å². The summed E-state index contributed by atoms with van der Waals surface area (Å²) in [5.41, 5.74) is 8.89. The number of carbonyl (C=O) groups excluding carboxylic acids is 1. The van der Waals surface area contributed by atoms with E-state index in [2.05, 4.69) is 45.2 Å². The fourth-order valence-electron chi connectivity index (χ4n) is 5.87. The minimum absolute atomic E-state index is 0.0630. The fraction of sp³-hybridized carbons (Fsp3) is 0.379. The first kappa shape index (κ1) is 26.2. The fourth-order valence-corrected chi connectivity index (χ4v) is 5.87. The molecule has 7 N–H and O–H groups in total. The lowest BCUT2D eigenvalue weighted by Crippen LogP contribution is -2.35. The highest BCUT2D eigenvalue weighted by atomic mass is 16.3. The maximum absolute atomic E-state index is 11.9. The zero-order valence-corrected chi connectivity index (χ0v) is 22.0. The predicted molar refractivity (Wildman–Crippen MR) is 152 cm³/mol. The molecule has 11 heteroatoms. The van der Waals surface area contributed by atoms with E-state index in [4.69, 9.17) is 15.7 Å². The van der Waals surface area contributed by atoms with Crippen LogP contribution >= 0.6 is 0 Å². The number of nitrogens with zero attached hydrogens (tertiary/aromatic N) is 4. The molecule has 2 aliphatic rings. The van der Waals surface area contributed by atoms with E-state index in [0.717, 1.165) is 19.5 Å². The van der Waals surface area contributed by atoms with Gasteiger partial charge in [0.05, 0.1) is 24.4 Å². The Balaban J connectivity index is 1.36. The Bertz CT molecular complexity index is 1420. The van der Waals surface area contributed by atoms with Gasteiger partial charge in [0, 0.05) is 25.0 Å². The normalized spacial score (nSPS) is 24.5. The largest absolute Gasteiger partial charge is 0.390 e. The van der Waals surface area contributed by atoms with E-state index in [-0.39, 0.29) is 18.4 Å². The van der Waals surface area contributed by atoms with Gasteiger partial charge in [0.2, 0.25) is 11.9 Å². The van der Waals surface area contributed by atoms with Crippen LogP contribution in [0, 0.1) is 5.92 Å². The molecule has 0 spiro atoms. The van der Waals surface area contributed by atoms with Crippen molar-refractivity contribution in [1.82, 2.24) is 24.8 Å². The van der Waals surface area contributed by atoms with Gasteiger partial charge in [-0.3, -0.25) is 4.79 Å². The lowest BCUT2D eigenvalue weighted by atomic mass is 9.91. The van der Waals surface area contributed by atoms with Gasteiger partial charge in [-0.1, -0.05) is 60.7 Å². The number of amides is 1. The number of rotatable bonds is 9. The van der Waals surface area contributed by atoms with Gasteiger partial charge in [0.15, 0.2) is 17.0 Å². The van der Waals surface area contributed by atoms with E-state index in [9.17, 15) is 15.0 Å². The molecule has 4 aromatic rings. The van der Waals surface area contributed by atoms with Crippen molar-refractivity contribution in [2.45, 2.75) is 43.1 Å². The quantitative estimate of drug-likeness (QED) is 0.184. The van der Waals surface area contributed by atoms with Crippen molar-refractivity contribution >= 4 is 28.8 Å². The molecular formula is C29H34N8O3. The summed E-state index contributed by atoms with van der Waals surface area (Å²) in [5.74, 6) is -0.418. The molecule has 1 saturated carbocycles. The van der Waals surface area contributed by atoms with Gasteiger partial charge in [-0.15, -0.1) is 0 Å². The Morgan fingerprint density at radius 1 is 1.05 bits per heavy atom. The van der Waals surface area contributed by atoms with Crippen LogP contribution in [0.4, 0.5) is 11.8 Å². The highest BCUT2D eigenvalue weighted by Crippen LogP contribution is 2.37. The second-order valence-electron chi connectivity index (χ2n) is 10.6. The molecular weight excluding hydrogens is 508 g/mol. The third kappa shape index (κ3) is 5.10. The van der Waals surface area contributed by atoms with Crippen LogP contribution in [0.25, 0.3) is 11.2 Å². The third-order valence-electron chi connectivity index (χ3n) is 8.07. The smallest absolute Gasteiger partial charge is 0.227 e. The monoisotopic (exact) mass is 542 g/mol. The van der Waals surface area contributed by atoms with Crippen molar-refractivity contribution in [3.8, 4) is 0 Å². The second kappa shape index (κ2) is 11.2. The Morgan fingerprint density at radius 2 is 1.75 bits per heavy atom. The number of nitrogens with two attached hydrogens (primary N) is 1. The molecule has 2 aromatic carbocycles. The Morgan fingerprint density at radius 3 is 2.35 bits per heavy atom. The van der Waals surface area contributed by atoms with Gasteiger partial charge < -0.3 is 36.5 Å². The number of aliphatic hydroxyl groups excluding tert-OH is 2. The molecule has 1 saturated heterocycles. The lowest BCUT2D eigenvalue weighted by molar-refractivity contribution is -0.125. The summed E-state index contributed by atoms with van der Waals surface area (Å²) in [6.45, 7) is 2.28. The number of hydrogen-bond acceptors (Lipinski definition) is 9. The molecule has 5 atom stereocenters. The van der Waals surface area contributed by atoms with Crippen molar-refractivity contribution in [3.05, 3.63) is 78.1 Å². The first-order valence-electron chi connectivity index (χ1n) is 13.7. The number of primary amides is 1. The highest BCUT2D eigenvalue weighted by Gasteiger charge is 2.45. The lowest BCUT2D eigenvalue weighted by Gasteiger charge is -2.21. The van der Waals surface area contributed by atoms with Crippen LogP contribution in [0.2, 0.25) is 0 Å². The minimum Gasteiger partial charge on any atom is -0.390 e. The molecule has 1 amide bonds. The molecule has 2 fully saturated rings. The number of imidazole rings is 1. The van der Waals surface area contributed by atoms with Gasteiger partial charge in [0.25, 0.3) is 0 Å². The van der Waals surface area contributed by atoms with Crippen molar-refractivity contribution in [2.75, 3.05) is 30.3 Å². The van der Waals surface area contributed by atoms with Crippen molar-refractivity contribution in [2.24, 2.45) is 11.7 Å². The summed E-state index contributed by atoms with van der Waals surface area (Å²) >= 11 is 0. The molecule has 208 valence electrons. The van der Waals surface area contributed by atoms with E-state index >= 15 is 0 Å². The van der Waals surface area contributed by atoms with E-state index in [1.54, 1.807) is 10.9 Å².